The average Bonchev–Trinajstić information content (AvgIpc) is 0.755. The van der Waals surface area contributed by atoms with Crippen LogP contribution >= 0.6 is 139 Å². The van der Waals surface area contributed by atoms with Gasteiger partial charge in [-0.05, 0) is 324 Å². The van der Waals surface area contributed by atoms with E-state index < -0.39 is 17.5 Å². The molecule has 3 saturated heterocycles. The molecule has 0 saturated carbocycles. The standard InChI is InChI=1S/C31H31Cl4FN2O.C31H29Cl4FN2O.C31H27Cl4FN2O/c3*1-31(2,3)37-10-8-18(9-11-37)12-19-13-24(22-5-4-21(36)17-25(22)33)23-6-7-29(39)38(28(23)14-19)30-26(34)15-20(32)16-27(30)35/h4-5,13-18H,6-12H2,1-3H3;4-7,13-18H,8-12H2,1-3H3;4-7,12-17H,8-11H2,1-3H3. The minimum Gasteiger partial charge on any atom is -0.298 e. The molecule has 9 aromatic carbocycles. The van der Waals surface area contributed by atoms with Gasteiger partial charge in [0.15, 0.2) is 0 Å². The zero-order valence-electron chi connectivity index (χ0n) is 66.1. The molecule has 6 heterocycles. The van der Waals surface area contributed by atoms with Crippen LogP contribution in [0.25, 0.3) is 72.6 Å². The van der Waals surface area contributed by atoms with Gasteiger partial charge in [-0.2, -0.15) is 0 Å². The van der Waals surface area contributed by atoms with Gasteiger partial charge in [0.1, 0.15) is 17.5 Å². The van der Waals surface area contributed by atoms with Crippen molar-refractivity contribution in [2.24, 2.45) is 11.8 Å². The fraction of sp³-hybridized carbons (Fsp3) is 0.323. The van der Waals surface area contributed by atoms with Crippen LogP contribution in [0.4, 0.5) is 24.5 Å². The summed E-state index contributed by atoms with van der Waals surface area (Å²) < 4.78 is 44.9. The van der Waals surface area contributed by atoms with Gasteiger partial charge < -0.3 is 0 Å². The molecule has 15 rings (SSSR count). The number of likely N-dealkylation sites (tertiary alicyclic amines) is 3. The van der Waals surface area contributed by atoms with Gasteiger partial charge in [-0.25, -0.2) is 13.2 Å². The van der Waals surface area contributed by atoms with E-state index in [0.717, 1.165) is 152 Å². The van der Waals surface area contributed by atoms with Crippen molar-refractivity contribution in [3.05, 3.63) is 278 Å². The Morgan fingerprint density at radius 1 is 0.359 bits per heavy atom. The van der Waals surface area contributed by atoms with Crippen molar-refractivity contribution >= 4 is 184 Å². The molecule has 1 amide bonds. The van der Waals surface area contributed by atoms with Gasteiger partial charge >= 0.3 is 0 Å². The Morgan fingerprint density at radius 3 is 1.12 bits per heavy atom. The molecule has 11 aromatic rings. The largest absolute Gasteiger partial charge is 0.298 e. The van der Waals surface area contributed by atoms with Gasteiger partial charge in [0.05, 0.1) is 79.0 Å². The van der Waals surface area contributed by atoms with Crippen LogP contribution in [-0.4, -0.2) is 85.6 Å². The van der Waals surface area contributed by atoms with E-state index in [-0.39, 0.29) is 65.2 Å². The molecule has 0 atom stereocenters. The number of carbonyl (C=O) groups is 1. The molecular formula is C93H87Cl12F3N6O3. The molecule has 0 aliphatic carbocycles. The molecule has 0 bridgehead atoms. The van der Waals surface area contributed by atoms with Crippen molar-refractivity contribution in [3.63, 3.8) is 0 Å². The summed E-state index contributed by atoms with van der Waals surface area (Å²) in [7, 11) is 0. The number of carbonyl (C=O) groups excluding carboxylic acids is 1. The Labute approximate surface area is 741 Å². The summed E-state index contributed by atoms with van der Waals surface area (Å²) >= 11 is 77.8. The second kappa shape index (κ2) is 36.4. The molecule has 0 N–H and O–H groups in total. The van der Waals surface area contributed by atoms with Crippen LogP contribution in [0.3, 0.4) is 0 Å². The van der Waals surface area contributed by atoms with Crippen molar-refractivity contribution in [3.8, 4) is 44.8 Å². The van der Waals surface area contributed by atoms with Crippen LogP contribution in [0.1, 0.15) is 130 Å². The molecule has 0 unspecified atom stereocenters. The Kier molecular flexibility index (Phi) is 27.6. The SMILES string of the molecule is CC(C)(C)N1CCC(=Cc2cc(-c3ccc(F)cc3Cl)c3ccc(=O)n(-c4c(Cl)cc(Cl)cc4Cl)c3c2)CC1.CC(C)(C)N1CCC(Cc2cc(-c3ccc(F)cc3Cl)c3c(c2)N(c2c(Cl)cc(Cl)cc2Cl)C(=O)CC3)CC1.CC(C)(C)N1CCC(Cc2cc(-c3ccc(F)cc3Cl)c3ccc(=O)n(-c4c(Cl)cc(Cl)cc4Cl)c3c2)CC1. The first-order valence-electron chi connectivity index (χ1n) is 38.9. The summed E-state index contributed by atoms with van der Waals surface area (Å²) in [6.45, 7) is 26.4. The Balaban J connectivity index is 0.000000152. The quantitative estimate of drug-likeness (QED) is 0.128. The lowest BCUT2D eigenvalue weighted by atomic mass is 9.84. The molecule has 4 aliphatic heterocycles. The molecule has 2 aromatic heterocycles. The maximum absolute atomic E-state index is 14.0. The first-order valence-corrected chi connectivity index (χ1v) is 43.4. The summed E-state index contributed by atoms with van der Waals surface area (Å²) in [6, 6.07) is 41.4. The van der Waals surface area contributed by atoms with Crippen LogP contribution < -0.4 is 16.0 Å². The van der Waals surface area contributed by atoms with E-state index in [0.29, 0.717) is 92.6 Å². The Morgan fingerprint density at radius 2 is 0.718 bits per heavy atom. The van der Waals surface area contributed by atoms with E-state index in [2.05, 4.69) is 101 Å². The molecule has 117 heavy (non-hydrogen) atoms. The number of halogens is 15. The predicted octanol–water partition coefficient (Wildman–Crippen LogP) is 28.9. The molecule has 0 radical (unpaired) electrons. The summed E-state index contributed by atoms with van der Waals surface area (Å²) in [5.74, 6) is -0.325. The summed E-state index contributed by atoms with van der Waals surface area (Å²) in [4.78, 5) is 49.3. The van der Waals surface area contributed by atoms with Crippen molar-refractivity contribution in [2.45, 2.75) is 143 Å². The maximum atomic E-state index is 14.0. The van der Waals surface area contributed by atoms with Gasteiger partial charge in [0.2, 0.25) is 5.91 Å². The fourth-order valence-electron chi connectivity index (χ4n) is 16.6. The second-order valence-corrected chi connectivity index (χ2v) is 38.5. The number of hydrogen-bond donors (Lipinski definition) is 0. The highest BCUT2D eigenvalue weighted by molar-refractivity contribution is 6.44. The number of nitrogens with zero attached hydrogens (tertiary/aromatic N) is 6. The normalized spacial score (nSPS) is 15.7. The number of amides is 1. The van der Waals surface area contributed by atoms with Crippen molar-refractivity contribution in [1.82, 2.24) is 23.8 Å². The molecule has 0 spiro atoms. The van der Waals surface area contributed by atoms with E-state index in [4.69, 9.17) is 139 Å². The van der Waals surface area contributed by atoms with Crippen LogP contribution in [0.2, 0.25) is 60.3 Å². The topological polar surface area (TPSA) is 74.0 Å². The summed E-state index contributed by atoms with van der Waals surface area (Å²) in [5.41, 5.74) is 12.9. The smallest absolute Gasteiger partial charge is 0.255 e. The number of hydrogen-bond acceptors (Lipinski definition) is 6. The molecule has 24 heteroatoms. The van der Waals surface area contributed by atoms with Crippen LogP contribution in [0.15, 0.2) is 167 Å². The van der Waals surface area contributed by atoms with Crippen LogP contribution in [0.5, 0.6) is 0 Å². The first-order chi connectivity index (χ1) is 55.3. The predicted molar refractivity (Wildman–Crippen MR) is 488 cm³/mol. The third kappa shape index (κ3) is 20.1. The highest BCUT2D eigenvalue weighted by atomic mass is 35.5. The summed E-state index contributed by atoms with van der Waals surface area (Å²) in [6.07, 6.45) is 10.9. The van der Waals surface area contributed by atoms with Gasteiger partial charge in [0, 0.05) is 90.8 Å². The zero-order chi connectivity index (χ0) is 84.2. The number of pyridine rings is 2. The first kappa shape index (κ1) is 88.5. The fourth-order valence-corrected chi connectivity index (χ4v) is 20.4. The number of benzene rings is 9. The molecule has 612 valence electrons. The van der Waals surface area contributed by atoms with E-state index in [1.165, 1.54) is 63.2 Å². The lowest BCUT2D eigenvalue weighted by molar-refractivity contribution is -0.118. The average molecular weight is 1820 g/mol. The van der Waals surface area contributed by atoms with E-state index >= 15 is 0 Å². The number of rotatable bonds is 11. The molecule has 9 nitrogen and oxygen atoms in total. The zero-order valence-corrected chi connectivity index (χ0v) is 75.1. The van der Waals surface area contributed by atoms with E-state index in [1.807, 2.05) is 18.2 Å². The minimum atomic E-state index is -0.423. The maximum Gasteiger partial charge on any atom is 0.255 e. The monoisotopic (exact) mass is 1810 g/mol. The number of anilines is 2. The van der Waals surface area contributed by atoms with Gasteiger partial charge in [0.25, 0.3) is 11.1 Å². The summed E-state index contributed by atoms with van der Waals surface area (Å²) in [5, 5.41) is 5.21. The number of piperidine rings is 3. The Bertz CT molecular complexity index is 5770. The highest BCUT2D eigenvalue weighted by Crippen LogP contribution is 2.49. The van der Waals surface area contributed by atoms with E-state index in [9.17, 15) is 27.6 Å². The highest BCUT2D eigenvalue weighted by Gasteiger charge is 2.35. The van der Waals surface area contributed by atoms with Crippen molar-refractivity contribution < 1.29 is 18.0 Å². The van der Waals surface area contributed by atoms with E-state index in [1.54, 1.807) is 71.6 Å². The van der Waals surface area contributed by atoms with Crippen LogP contribution in [-0.2, 0) is 24.1 Å². The lowest BCUT2D eigenvalue weighted by Crippen LogP contribution is -2.46. The van der Waals surface area contributed by atoms with Gasteiger partial charge in [-0.3, -0.25) is 43.1 Å². The van der Waals surface area contributed by atoms with Crippen LogP contribution in [0, 0.1) is 29.3 Å². The Hall–Kier alpha value is -6.24. The number of aromatic nitrogens is 2. The third-order valence-electron chi connectivity index (χ3n) is 22.7. The van der Waals surface area contributed by atoms with Crippen molar-refractivity contribution in [2.75, 3.05) is 44.2 Å². The number of fused-ring (bicyclic) bond motifs is 3. The van der Waals surface area contributed by atoms with Crippen molar-refractivity contribution in [1.29, 1.82) is 0 Å². The molecule has 3 fully saturated rings. The third-order valence-corrected chi connectivity index (χ3v) is 26.0. The minimum absolute atomic E-state index is 0.0968. The lowest BCUT2D eigenvalue weighted by Gasteiger charge is -2.41. The van der Waals surface area contributed by atoms with Gasteiger partial charge in [-0.15, -0.1) is 0 Å². The van der Waals surface area contributed by atoms with Gasteiger partial charge in [-0.1, -0.05) is 163 Å². The molecular weight excluding hydrogens is 1730 g/mol. The molecule has 4 aliphatic rings. The second-order valence-electron chi connectivity index (χ2n) is 33.6.